The van der Waals surface area contributed by atoms with Crippen molar-refractivity contribution >= 4 is 5.91 Å². The zero-order valence-corrected chi connectivity index (χ0v) is 34.2. The number of amides is 1. The van der Waals surface area contributed by atoms with Crippen LogP contribution in [0.3, 0.4) is 0 Å². The van der Waals surface area contributed by atoms with Crippen molar-refractivity contribution in [3.05, 3.63) is 48.6 Å². The normalized spacial score (nSPS) is 21.9. The Labute approximate surface area is 329 Å². The average Bonchev–Trinajstić information content (AvgIpc) is 3.17. The molecule has 314 valence electrons. The first-order valence-corrected chi connectivity index (χ1v) is 21.9. The second-order valence-corrected chi connectivity index (χ2v) is 15.1. The van der Waals surface area contributed by atoms with E-state index in [-0.39, 0.29) is 12.5 Å². The first-order valence-electron chi connectivity index (χ1n) is 21.9. The van der Waals surface area contributed by atoms with Gasteiger partial charge in [0.05, 0.1) is 25.4 Å². The van der Waals surface area contributed by atoms with Crippen molar-refractivity contribution in [2.75, 3.05) is 13.2 Å². The van der Waals surface area contributed by atoms with Gasteiger partial charge in [0.1, 0.15) is 24.4 Å². The van der Waals surface area contributed by atoms with Gasteiger partial charge in [0.25, 0.3) is 0 Å². The zero-order chi connectivity index (χ0) is 39.5. The Hall–Kier alpha value is -1.85. The van der Waals surface area contributed by atoms with Crippen LogP contribution >= 0.6 is 0 Å². The number of nitrogens with one attached hydrogen (secondary N) is 1. The molecule has 9 nitrogen and oxygen atoms in total. The van der Waals surface area contributed by atoms with Gasteiger partial charge in [-0.1, -0.05) is 159 Å². The molecule has 0 radical (unpaired) electrons. The molecule has 1 amide bonds. The number of carbonyl (C=O) groups excluding carboxylic acids is 1. The summed E-state index contributed by atoms with van der Waals surface area (Å²) in [5.41, 5.74) is 0. The molecular weight excluding hydrogens is 682 g/mol. The molecule has 54 heavy (non-hydrogen) atoms. The van der Waals surface area contributed by atoms with Gasteiger partial charge in [-0.25, -0.2) is 0 Å². The maximum absolute atomic E-state index is 12.9. The summed E-state index contributed by atoms with van der Waals surface area (Å²) in [7, 11) is 0. The lowest BCUT2D eigenvalue weighted by atomic mass is 9.99. The fourth-order valence-corrected chi connectivity index (χ4v) is 6.54. The van der Waals surface area contributed by atoms with Crippen LogP contribution in [0.5, 0.6) is 0 Å². The Morgan fingerprint density at radius 1 is 0.630 bits per heavy atom. The molecule has 0 spiro atoms. The van der Waals surface area contributed by atoms with Crippen molar-refractivity contribution in [2.24, 2.45) is 0 Å². The molecule has 0 aromatic carbocycles. The van der Waals surface area contributed by atoms with E-state index in [9.17, 15) is 30.3 Å². The number of aliphatic hydroxyl groups excluding tert-OH is 5. The molecule has 7 atom stereocenters. The number of carbonyl (C=O) groups is 1. The Kier molecular flexibility index (Phi) is 33.0. The number of unbranched alkanes of at least 4 members (excludes halogenated alkanes) is 19. The molecule has 9 heteroatoms. The Bertz CT molecular complexity index is 983. The highest BCUT2D eigenvalue weighted by Crippen LogP contribution is 2.22. The van der Waals surface area contributed by atoms with Gasteiger partial charge >= 0.3 is 0 Å². The molecule has 1 aliphatic heterocycles. The quantitative estimate of drug-likeness (QED) is 0.0278. The SMILES string of the molecule is CCCC/C=C/CC/C=C/C(O)C(COC1OC(CO)C(O)C(O)C1O)NC(=O)CCCCCCCCCCCCC/C=C\C/C=C\CCCCCCC. The lowest BCUT2D eigenvalue weighted by molar-refractivity contribution is -0.302. The van der Waals surface area contributed by atoms with Gasteiger partial charge in [0, 0.05) is 6.42 Å². The van der Waals surface area contributed by atoms with Crippen molar-refractivity contribution in [3.63, 3.8) is 0 Å². The topological polar surface area (TPSA) is 149 Å². The predicted molar refractivity (Wildman–Crippen MR) is 221 cm³/mol. The van der Waals surface area contributed by atoms with Crippen molar-refractivity contribution < 1.29 is 39.8 Å². The summed E-state index contributed by atoms with van der Waals surface area (Å²) in [5.74, 6) is -0.195. The summed E-state index contributed by atoms with van der Waals surface area (Å²) in [5, 5.41) is 53.8. The maximum atomic E-state index is 12.9. The van der Waals surface area contributed by atoms with Crippen LogP contribution in [0.1, 0.15) is 174 Å². The highest BCUT2D eigenvalue weighted by atomic mass is 16.7. The molecule has 0 aromatic heterocycles. The summed E-state index contributed by atoms with van der Waals surface area (Å²) in [6, 6.07) is -0.820. The smallest absolute Gasteiger partial charge is 0.220 e. The van der Waals surface area contributed by atoms with Crippen LogP contribution in [-0.4, -0.2) is 87.5 Å². The summed E-state index contributed by atoms with van der Waals surface area (Å²) in [6.45, 7) is 3.65. The first-order chi connectivity index (χ1) is 26.3. The van der Waals surface area contributed by atoms with E-state index in [0.717, 1.165) is 57.8 Å². The van der Waals surface area contributed by atoms with E-state index in [1.54, 1.807) is 6.08 Å². The van der Waals surface area contributed by atoms with Gasteiger partial charge in [-0.05, 0) is 57.8 Å². The van der Waals surface area contributed by atoms with Crippen LogP contribution in [0.2, 0.25) is 0 Å². The minimum Gasteiger partial charge on any atom is -0.394 e. The lowest BCUT2D eigenvalue weighted by Gasteiger charge is -2.40. The average molecular weight is 764 g/mol. The molecule has 1 aliphatic rings. The van der Waals surface area contributed by atoms with Crippen molar-refractivity contribution in [2.45, 2.75) is 217 Å². The Balaban J connectivity index is 2.26. The number of aliphatic hydroxyl groups is 5. The van der Waals surface area contributed by atoms with Gasteiger partial charge < -0.3 is 40.3 Å². The van der Waals surface area contributed by atoms with E-state index >= 15 is 0 Å². The lowest BCUT2D eigenvalue weighted by Crippen LogP contribution is -2.60. The van der Waals surface area contributed by atoms with Crippen molar-refractivity contribution in [3.8, 4) is 0 Å². The standard InChI is InChI=1S/C45H81NO8/c1-3-5-7-9-11-13-14-15-16-17-18-19-20-21-22-23-24-25-26-27-29-31-33-35-41(49)46-38(39(48)34-32-30-28-12-10-8-6-4-2)37-53-45-44(52)43(51)42(50)40(36-47)54-45/h10,12,14-15,17-18,32,34,38-40,42-45,47-48,50-52H,3-9,11,13,16,19-31,33,35-37H2,1-2H3,(H,46,49)/b12-10+,15-14-,18-17-,34-32+. The van der Waals surface area contributed by atoms with E-state index in [1.807, 2.05) is 6.08 Å². The molecule has 1 fully saturated rings. The summed E-state index contributed by atoms with van der Waals surface area (Å²) in [6.07, 6.45) is 37.5. The van der Waals surface area contributed by atoms with Crippen LogP contribution in [0.4, 0.5) is 0 Å². The molecule has 6 N–H and O–H groups in total. The van der Waals surface area contributed by atoms with Crippen molar-refractivity contribution in [1.82, 2.24) is 5.32 Å². The zero-order valence-electron chi connectivity index (χ0n) is 34.2. The molecule has 0 aliphatic carbocycles. The van der Waals surface area contributed by atoms with Crippen LogP contribution in [0.25, 0.3) is 0 Å². The van der Waals surface area contributed by atoms with E-state index in [4.69, 9.17) is 9.47 Å². The monoisotopic (exact) mass is 764 g/mol. The third-order valence-corrected chi connectivity index (χ3v) is 10.1. The molecule has 0 bridgehead atoms. The predicted octanol–water partition coefficient (Wildman–Crippen LogP) is 8.67. The molecule has 0 aromatic rings. The summed E-state index contributed by atoms with van der Waals surface area (Å²) >= 11 is 0. The molecule has 1 rings (SSSR count). The molecule has 1 saturated heterocycles. The van der Waals surface area contributed by atoms with Gasteiger partial charge in [-0.15, -0.1) is 0 Å². The fraction of sp³-hybridized carbons (Fsp3) is 0.800. The van der Waals surface area contributed by atoms with E-state index in [2.05, 4.69) is 55.6 Å². The second-order valence-electron chi connectivity index (χ2n) is 15.1. The minimum absolute atomic E-state index is 0.195. The Morgan fingerprint density at radius 3 is 1.72 bits per heavy atom. The maximum Gasteiger partial charge on any atom is 0.220 e. The highest BCUT2D eigenvalue weighted by molar-refractivity contribution is 5.76. The van der Waals surface area contributed by atoms with Crippen LogP contribution in [-0.2, 0) is 14.3 Å². The number of ether oxygens (including phenoxy) is 2. The van der Waals surface area contributed by atoms with Crippen LogP contribution in [0, 0.1) is 0 Å². The largest absolute Gasteiger partial charge is 0.394 e. The minimum atomic E-state index is -1.57. The summed E-state index contributed by atoms with van der Waals surface area (Å²) < 4.78 is 11.1. The molecular formula is C45H81NO8. The molecule has 7 unspecified atom stereocenters. The van der Waals surface area contributed by atoms with E-state index < -0.39 is 49.5 Å². The van der Waals surface area contributed by atoms with E-state index in [0.29, 0.717) is 6.42 Å². The number of rotatable bonds is 35. The third-order valence-electron chi connectivity index (χ3n) is 10.1. The van der Waals surface area contributed by atoms with Crippen LogP contribution in [0.15, 0.2) is 48.6 Å². The van der Waals surface area contributed by atoms with Gasteiger partial charge in [0.15, 0.2) is 6.29 Å². The fourth-order valence-electron chi connectivity index (χ4n) is 6.54. The highest BCUT2D eigenvalue weighted by Gasteiger charge is 2.44. The number of hydrogen-bond donors (Lipinski definition) is 6. The third kappa shape index (κ3) is 26.1. The molecule has 1 heterocycles. The summed E-state index contributed by atoms with van der Waals surface area (Å²) in [4.78, 5) is 12.9. The Morgan fingerprint density at radius 2 is 1.13 bits per heavy atom. The number of allylic oxidation sites excluding steroid dienone is 7. The number of hydrogen-bond acceptors (Lipinski definition) is 8. The first kappa shape index (κ1) is 50.2. The van der Waals surface area contributed by atoms with Gasteiger partial charge in [-0.3, -0.25) is 4.79 Å². The second kappa shape index (κ2) is 35.6. The van der Waals surface area contributed by atoms with E-state index in [1.165, 1.54) is 96.3 Å². The van der Waals surface area contributed by atoms with Gasteiger partial charge in [0.2, 0.25) is 5.91 Å². The molecule has 0 saturated carbocycles. The van der Waals surface area contributed by atoms with Gasteiger partial charge in [-0.2, -0.15) is 0 Å². The van der Waals surface area contributed by atoms with Crippen LogP contribution < -0.4 is 5.32 Å². The van der Waals surface area contributed by atoms with Crippen molar-refractivity contribution in [1.29, 1.82) is 0 Å².